The van der Waals surface area contributed by atoms with Crippen molar-refractivity contribution in [3.8, 4) is 11.3 Å². The number of thiazole rings is 1. The van der Waals surface area contributed by atoms with E-state index in [-0.39, 0.29) is 19.4 Å². The number of benzene rings is 1. The number of hydrogen-bond acceptors (Lipinski definition) is 5. The lowest BCUT2D eigenvalue weighted by Gasteiger charge is -2.25. The van der Waals surface area contributed by atoms with Gasteiger partial charge in [-0.15, -0.1) is 11.3 Å². The Morgan fingerprint density at radius 2 is 1.89 bits per heavy atom. The van der Waals surface area contributed by atoms with E-state index in [0.717, 1.165) is 36.9 Å². The first-order valence-electron chi connectivity index (χ1n) is 12.3. The molecule has 1 fully saturated rings. The molecule has 0 atom stereocenters. The molecule has 1 saturated carbocycles. The van der Waals surface area contributed by atoms with Crippen molar-refractivity contribution in [2.75, 3.05) is 11.9 Å². The van der Waals surface area contributed by atoms with Gasteiger partial charge in [0.25, 0.3) is 5.91 Å². The van der Waals surface area contributed by atoms with Crippen LogP contribution in [0.4, 0.5) is 5.13 Å². The molecule has 2 amide bonds. The summed E-state index contributed by atoms with van der Waals surface area (Å²) in [5.41, 5.74) is 4.00. The van der Waals surface area contributed by atoms with E-state index in [1.165, 1.54) is 23.3 Å². The maximum atomic E-state index is 11.1. The number of aliphatic hydroxyl groups excluding tert-OH is 1. The van der Waals surface area contributed by atoms with Crippen LogP contribution in [0.2, 0.25) is 0 Å². The number of carbonyl (C=O) groups excluding carboxylic acids is 2. The first-order valence-corrected chi connectivity index (χ1v) is 13.1. The molecular weight excluding hydrogens is 472 g/mol. The fourth-order valence-corrected chi connectivity index (χ4v) is 4.46. The van der Waals surface area contributed by atoms with Gasteiger partial charge in [0, 0.05) is 36.9 Å². The molecule has 0 bridgehead atoms. The van der Waals surface area contributed by atoms with Crippen molar-refractivity contribution in [1.29, 1.82) is 0 Å². The van der Waals surface area contributed by atoms with Gasteiger partial charge in [0.1, 0.15) is 0 Å². The Morgan fingerprint density at radius 1 is 1.19 bits per heavy atom. The molecule has 8 heteroatoms. The van der Waals surface area contributed by atoms with Crippen molar-refractivity contribution in [3.63, 3.8) is 0 Å². The van der Waals surface area contributed by atoms with E-state index in [2.05, 4.69) is 47.7 Å². The van der Waals surface area contributed by atoms with E-state index in [1.807, 2.05) is 36.2 Å². The summed E-state index contributed by atoms with van der Waals surface area (Å²) in [5, 5.41) is 17.5. The highest BCUT2D eigenvalue weighted by molar-refractivity contribution is 7.14. The SMILES string of the molecule is C.CCC.CCNC(=O)c1ccn(C)c1.O=CNc1nc(-c2cccc(C3CCC(O)CC3)c2)cs1. The Bertz CT molecular complexity index is 1040. The topological polar surface area (TPSA) is 96.3 Å². The average molecular weight is 515 g/mol. The normalized spacial score (nSPS) is 16.2. The number of nitrogens with zero attached hydrogens (tertiary/aromatic N) is 2. The number of hydrogen-bond donors (Lipinski definition) is 3. The highest BCUT2D eigenvalue weighted by atomic mass is 32.1. The van der Waals surface area contributed by atoms with E-state index in [4.69, 9.17) is 0 Å². The Kier molecular flexibility index (Phi) is 14.4. The van der Waals surface area contributed by atoms with Crippen LogP contribution in [-0.4, -0.2) is 39.6 Å². The summed E-state index contributed by atoms with van der Waals surface area (Å²) in [4.78, 5) is 26.0. The van der Waals surface area contributed by atoms with Gasteiger partial charge in [0.2, 0.25) is 6.41 Å². The van der Waals surface area contributed by atoms with Crippen LogP contribution in [0, 0.1) is 0 Å². The zero-order chi connectivity index (χ0) is 25.6. The second kappa shape index (κ2) is 16.7. The third kappa shape index (κ3) is 9.95. The lowest BCUT2D eigenvalue weighted by molar-refractivity contribution is -0.105. The van der Waals surface area contributed by atoms with Crippen LogP contribution in [0.5, 0.6) is 0 Å². The molecule has 0 aliphatic heterocycles. The van der Waals surface area contributed by atoms with E-state index >= 15 is 0 Å². The van der Waals surface area contributed by atoms with Crippen LogP contribution in [0.3, 0.4) is 0 Å². The fourth-order valence-electron chi connectivity index (χ4n) is 3.78. The highest BCUT2D eigenvalue weighted by Gasteiger charge is 2.21. The van der Waals surface area contributed by atoms with Crippen LogP contribution >= 0.6 is 11.3 Å². The largest absolute Gasteiger partial charge is 0.393 e. The van der Waals surface area contributed by atoms with Gasteiger partial charge in [-0.1, -0.05) is 45.9 Å². The number of rotatable bonds is 6. The zero-order valence-corrected chi connectivity index (χ0v) is 22.0. The predicted octanol–water partition coefficient (Wildman–Crippen LogP) is 6.22. The molecule has 2 heterocycles. The molecule has 3 aromatic rings. The number of amides is 2. The smallest absolute Gasteiger partial charge is 0.252 e. The predicted molar refractivity (Wildman–Crippen MR) is 151 cm³/mol. The average Bonchev–Trinajstić information content (AvgIpc) is 3.50. The summed E-state index contributed by atoms with van der Waals surface area (Å²) in [7, 11) is 1.89. The van der Waals surface area contributed by atoms with Gasteiger partial charge in [0.05, 0.1) is 17.4 Å². The molecule has 0 spiro atoms. The zero-order valence-electron chi connectivity index (χ0n) is 21.2. The Balaban J connectivity index is 0.000000366. The molecule has 1 aliphatic carbocycles. The van der Waals surface area contributed by atoms with Gasteiger partial charge in [-0.2, -0.15) is 0 Å². The Hall–Kier alpha value is -2.97. The number of aromatic nitrogens is 2. The molecule has 7 nitrogen and oxygen atoms in total. The minimum Gasteiger partial charge on any atom is -0.393 e. The minimum absolute atomic E-state index is 0. The van der Waals surface area contributed by atoms with Crippen molar-refractivity contribution in [3.05, 3.63) is 59.2 Å². The van der Waals surface area contributed by atoms with Crippen molar-refractivity contribution in [2.24, 2.45) is 7.05 Å². The lowest BCUT2D eigenvalue weighted by atomic mass is 9.82. The molecule has 1 aliphatic rings. The van der Waals surface area contributed by atoms with Gasteiger partial charge in [-0.3, -0.25) is 9.59 Å². The summed E-state index contributed by atoms with van der Waals surface area (Å²) in [6.45, 7) is 6.83. The highest BCUT2D eigenvalue weighted by Crippen LogP contribution is 2.35. The first kappa shape index (κ1) is 31.1. The summed E-state index contributed by atoms with van der Waals surface area (Å²) in [5.74, 6) is 0.521. The summed E-state index contributed by atoms with van der Waals surface area (Å²) in [6.07, 6.45) is 9.28. The van der Waals surface area contributed by atoms with Gasteiger partial charge in [-0.25, -0.2) is 4.98 Å². The Morgan fingerprint density at radius 3 is 2.47 bits per heavy atom. The van der Waals surface area contributed by atoms with Gasteiger partial charge >= 0.3 is 0 Å². The molecule has 0 saturated heterocycles. The van der Waals surface area contributed by atoms with Gasteiger partial charge in [0.15, 0.2) is 5.13 Å². The summed E-state index contributed by atoms with van der Waals surface area (Å²) < 4.78 is 1.85. The van der Waals surface area contributed by atoms with Crippen LogP contribution in [0.25, 0.3) is 11.3 Å². The molecular formula is C28H42N4O3S. The standard InChI is InChI=1S/C16H18N2O2S.C8H12N2O.C3H8.CH4/c19-10-17-16-18-15(9-21-16)13-3-1-2-12(8-13)11-4-6-14(20)7-5-11;1-3-9-8(11)7-4-5-10(2)6-7;1-3-2;/h1-3,8-11,14,20H,4-7H2,(H,17,18,19);4-6H,3H2,1-2H3,(H,9,11);3H2,1-2H3;1H4. The summed E-state index contributed by atoms with van der Waals surface area (Å²) in [6, 6.07) is 10.2. The van der Waals surface area contributed by atoms with Crippen LogP contribution in [-0.2, 0) is 11.8 Å². The molecule has 2 aromatic heterocycles. The number of aryl methyl sites for hydroxylation is 1. The molecule has 0 unspecified atom stereocenters. The number of anilines is 1. The third-order valence-corrected chi connectivity index (χ3v) is 6.24. The van der Waals surface area contributed by atoms with Crippen molar-refractivity contribution in [2.45, 2.75) is 72.3 Å². The van der Waals surface area contributed by atoms with Crippen molar-refractivity contribution >= 4 is 28.8 Å². The van der Waals surface area contributed by atoms with E-state index in [9.17, 15) is 14.7 Å². The molecule has 3 N–H and O–H groups in total. The minimum atomic E-state index is -0.125. The van der Waals surface area contributed by atoms with Gasteiger partial charge in [-0.05, 0) is 56.2 Å². The molecule has 36 heavy (non-hydrogen) atoms. The van der Waals surface area contributed by atoms with Crippen molar-refractivity contribution in [1.82, 2.24) is 14.9 Å². The number of carbonyl (C=O) groups is 2. The van der Waals surface area contributed by atoms with Crippen molar-refractivity contribution < 1.29 is 14.7 Å². The maximum absolute atomic E-state index is 11.1. The second-order valence-electron chi connectivity index (χ2n) is 8.56. The molecule has 1 aromatic carbocycles. The van der Waals surface area contributed by atoms with E-state index in [1.54, 1.807) is 12.3 Å². The summed E-state index contributed by atoms with van der Waals surface area (Å²) >= 11 is 1.42. The number of aliphatic hydroxyl groups is 1. The third-order valence-electron chi connectivity index (χ3n) is 5.47. The fraction of sp³-hybridized carbons (Fsp3) is 0.464. The second-order valence-corrected chi connectivity index (χ2v) is 9.42. The monoisotopic (exact) mass is 514 g/mol. The Labute approximate surface area is 220 Å². The lowest BCUT2D eigenvalue weighted by Crippen LogP contribution is -2.21. The van der Waals surface area contributed by atoms with Gasteiger partial charge < -0.3 is 20.3 Å². The molecule has 0 radical (unpaired) electrons. The molecule has 198 valence electrons. The van der Waals surface area contributed by atoms with E-state index in [0.29, 0.717) is 29.6 Å². The quantitative estimate of drug-likeness (QED) is 0.340. The number of nitrogens with one attached hydrogen (secondary N) is 2. The molecule has 4 rings (SSSR count). The first-order chi connectivity index (χ1) is 16.9. The van der Waals surface area contributed by atoms with Crippen LogP contribution in [0.1, 0.15) is 82.1 Å². The maximum Gasteiger partial charge on any atom is 0.252 e. The van der Waals surface area contributed by atoms with Crippen LogP contribution in [0.15, 0.2) is 48.1 Å². The van der Waals surface area contributed by atoms with Crippen LogP contribution < -0.4 is 10.6 Å². The van der Waals surface area contributed by atoms with E-state index < -0.39 is 0 Å².